The van der Waals surface area contributed by atoms with Crippen molar-refractivity contribution >= 4 is 31.9 Å². The molecule has 2 rings (SSSR count). The third-order valence-electron chi connectivity index (χ3n) is 3.09. The zero-order valence-corrected chi connectivity index (χ0v) is 14.0. The number of halogens is 5. The Hall–Kier alpha value is -0.850. The minimum Gasteiger partial charge on any atom is -0.324 e. The Kier molecular flexibility index (Phi) is 5.11. The molecule has 1 nitrogen and oxygen atoms in total. The van der Waals surface area contributed by atoms with Gasteiger partial charge in [0.05, 0.1) is 5.56 Å². The zero-order chi connectivity index (χ0) is 15.6. The average Bonchev–Trinajstić information content (AvgIpc) is 2.41. The van der Waals surface area contributed by atoms with Gasteiger partial charge in [0.25, 0.3) is 0 Å². The van der Waals surface area contributed by atoms with Gasteiger partial charge in [-0.25, -0.2) is 0 Å². The highest BCUT2D eigenvalue weighted by Gasteiger charge is 2.29. The molecule has 0 amide bonds. The van der Waals surface area contributed by atoms with Crippen molar-refractivity contribution in [2.45, 2.75) is 18.6 Å². The largest absolute Gasteiger partial charge is 0.416 e. The van der Waals surface area contributed by atoms with Crippen LogP contribution >= 0.6 is 31.9 Å². The van der Waals surface area contributed by atoms with E-state index in [1.807, 2.05) is 18.2 Å². The van der Waals surface area contributed by atoms with E-state index >= 15 is 0 Å². The van der Waals surface area contributed by atoms with Gasteiger partial charge in [0.15, 0.2) is 0 Å². The molecule has 0 saturated heterocycles. The average molecular weight is 423 g/mol. The van der Waals surface area contributed by atoms with Crippen molar-refractivity contribution in [2.75, 3.05) is 0 Å². The maximum Gasteiger partial charge on any atom is 0.416 e. The molecule has 0 aliphatic carbocycles. The summed E-state index contributed by atoms with van der Waals surface area (Å²) in [5.74, 6) is 0. The van der Waals surface area contributed by atoms with E-state index in [0.29, 0.717) is 6.42 Å². The molecule has 1 unspecified atom stereocenters. The summed E-state index contributed by atoms with van der Waals surface area (Å²) in [7, 11) is 0. The lowest BCUT2D eigenvalue weighted by Crippen LogP contribution is -2.14. The fourth-order valence-corrected chi connectivity index (χ4v) is 2.91. The molecule has 0 spiro atoms. The molecule has 0 saturated carbocycles. The highest BCUT2D eigenvalue weighted by Crippen LogP contribution is 2.31. The van der Waals surface area contributed by atoms with Crippen LogP contribution in [0.4, 0.5) is 13.2 Å². The molecule has 0 heterocycles. The fourth-order valence-electron chi connectivity index (χ4n) is 1.99. The molecular formula is C15H12Br2F3N. The van der Waals surface area contributed by atoms with Crippen molar-refractivity contribution in [2.24, 2.45) is 5.73 Å². The molecule has 0 aromatic heterocycles. The highest BCUT2D eigenvalue weighted by atomic mass is 79.9. The lowest BCUT2D eigenvalue weighted by atomic mass is 9.99. The molecule has 0 bridgehead atoms. The van der Waals surface area contributed by atoms with Gasteiger partial charge in [0.2, 0.25) is 0 Å². The Balaban J connectivity index is 2.16. The quantitative estimate of drug-likeness (QED) is 0.696. The monoisotopic (exact) mass is 421 g/mol. The van der Waals surface area contributed by atoms with Crippen molar-refractivity contribution in [3.8, 4) is 0 Å². The lowest BCUT2D eigenvalue weighted by molar-refractivity contribution is -0.137. The van der Waals surface area contributed by atoms with Crippen LogP contribution in [0.1, 0.15) is 22.7 Å². The molecule has 1 atom stereocenters. The van der Waals surface area contributed by atoms with E-state index in [9.17, 15) is 13.2 Å². The summed E-state index contributed by atoms with van der Waals surface area (Å²) in [6, 6.07) is 10.5. The van der Waals surface area contributed by atoms with Crippen molar-refractivity contribution < 1.29 is 13.2 Å². The second-order valence-electron chi connectivity index (χ2n) is 4.67. The smallest absolute Gasteiger partial charge is 0.324 e. The first-order valence-electron chi connectivity index (χ1n) is 6.14. The van der Waals surface area contributed by atoms with Gasteiger partial charge in [0, 0.05) is 15.0 Å². The molecule has 2 N–H and O–H groups in total. The molecule has 112 valence electrons. The molecule has 2 aromatic carbocycles. The van der Waals surface area contributed by atoms with E-state index in [-0.39, 0.29) is 6.04 Å². The van der Waals surface area contributed by atoms with Gasteiger partial charge < -0.3 is 5.73 Å². The predicted molar refractivity (Wildman–Crippen MR) is 83.9 cm³/mol. The Bertz CT molecular complexity index is 624. The van der Waals surface area contributed by atoms with E-state index < -0.39 is 11.7 Å². The number of nitrogens with two attached hydrogens (primary N) is 1. The summed E-state index contributed by atoms with van der Waals surface area (Å²) >= 11 is 6.81. The SMILES string of the molecule is NC(Cc1ccc(C(F)(F)F)cc1)c1cc(Br)ccc1Br. The van der Waals surface area contributed by atoms with Crippen LogP contribution in [0.15, 0.2) is 51.4 Å². The summed E-state index contributed by atoms with van der Waals surface area (Å²) in [5.41, 5.74) is 7.17. The van der Waals surface area contributed by atoms with Crippen LogP contribution in [-0.4, -0.2) is 0 Å². The zero-order valence-electron chi connectivity index (χ0n) is 10.8. The van der Waals surface area contributed by atoms with Crippen LogP contribution in [0.25, 0.3) is 0 Å². The molecule has 0 aliphatic rings. The van der Waals surface area contributed by atoms with Gasteiger partial charge >= 0.3 is 6.18 Å². The first kappa shape index (κ1) is 16.5. The number of rotatable bonds is 3. The fraction of sp³-hybridized carbons (Fsp3) is 0.200. The Labute approximate surface area is 137 Å². The molecular weight excluding hydrogens is 411 g/mol. The van der Waals surface area contributed by atoms with Crippen LogP contribution in [0.5, 0.6) is 0 Å². The molecule has 2 aromatic rings. The maximum absolute atomic E-state index is 12.5. The van der Waals surface area contributed by atoms with Crippen LogP contribution in [0.2, 0.25) is 0 Å². The summed E-state index contributed by atoms with van der Waals surface area (Å²) in [6.45, 7) is 0. The topological polar surface area (TPSA) is 26.0 Å². The summed E-state index contributed by atoms with van der Waals surface area (Å²) in [4.78, 5) is 0. The van der Waals surface area contributed by atoms with Crippen molar-refractivity contribution in [3.63, 3.8) is 0 Å². The van der Waals surface area contributed by atoms with Gasteiger partial charge in [-0.15, -0.1) is 0 Å². The Morgan fingerprint density at radius 3 is 2.19 bits per heavy atom. The molecule has 6 heteroatoms. The normalized spacial score (nSPS) is 13.2. The Morgan fingerprint density at radius 1 is 1.00 bits per heavy atom. The first-order chi connectivity index (χ1) is 9.77. The minimum atomic E-state index is -4.31. The maximum atomic E-state index is 12.5. The third-order valence-corrected chi connectivity index (χ3v) is 4.31. The number of benzene rings is 2. The van der Waals surface area contributed by atoms with Gasteiger partial charge in [-0.1, -0.05) is 44.0 Å². The van der Waals surface area contributed by atoms with Crippen LogP contribution in [-0.2, 0) is 12.6 Å². The van der Waals surface area contributed by atoms with Gasteiger partial charge in [0.1, 0.15) is 0 Å². The summed E-state index contributed by atoms with van der Waals surface area (Å²) in [6.07, 6.45) is -3.85. The van der Waals surface area contributed by atoms with Gasteiger partial charge in [-0.05, 0) is 47.9 Å². The van der Waals surface area contributed by atoms with Crippen LogP contribution < -0.4 is 5.73 Å². The van der Waals surface area contributed by atoms with Crippen LogP contribution in [0.3, 0.4) is 0 Å². The van der Waals surface area contributed by atoms with E-state index in [0.717, 1.165) is 32.2 Å². The second kappa shape index (κ2) is 6.50. The molecule has 0 aliphatic heterocycles. The highest BCUT2D eigenvalue weighted by molar-refractivity contribution is 9.11. The van der Waals surface area contributed by atoms with Crippen LogP contribution in [0, 0.1) is 0 Å². The lowest BCUT2D eigenvalue weighted by Gasteiger charge is -2.15. The van der Waals surface area contributed by atoms with Gasteiger partial charge in [-0.2, -0.15) is 13.2 Å². The van der Waals surface area contributed by atoms with Crippen molar-refractivity contribution in [1.29, 1.82) is 0 Å². The van der Waals surface area contributed by atoms with Crippen molar-refractivity contribution in [1.82, 2.24) is 0 Å². The summed E-state index contributed by atoms with van der Waals surface area (Å²) in [5, 5.41) is 0. The molecule has 21 heavy (non-hydrogen) atoms. The van der Waals surface area contributed by atoms with Crippen molar-refractivity contribution in [3.05, 3.63) is 68.1 Å². The van der Waals surface area contributed by atoms with E-state index in [4.69, 9.17) is 5.73 Å². The standard InChI is InChI=1S/C15H12Br2F3N/c16-11-5-6-13(17)12(8-11)14(21)7-9-1-3-10(4-2-9)15(18,19)20/h1-6,8,14H,7,21H2. The first-order valence-corrected chi connectivity index (χ1v) is 7.72. The number of hydrogen-bond acceptors (Lipinski definition) is 1. The van der Waals surface area contributed by atoms with E-state index in [1.54, 1.807) is 0 Å². The minimum absolute atomic E-state index is 0.298. The molecule has 0 radical (unpaired) electrons. The van der Waals surface area contributed by atoms with E-state index in [2.05, 4.69) is 31.9 Å². The second-order valence-corrected chi connectivity index (χ2v) is 6.44. The predicted octanol–water partition coefficient (Wildman–Crippen LogP) is 5.47. The third kappa shape index (κ3) is 4.31. The van der Waals surface area contributed by atoms with E-state index in [1.165, 1.54) is 12.1 Å². The van der Waals surface area contributed by atoms with Gasteiger partial charge in [-0.3, -0.25) is 0 Å². The molecule has 0 fully saturated rings. The number of alkyl halides is 3. The summed E-state index contributed by atoms with van der Waals surface area (Å²) < 4.78 is 39.3. The Morgan fingerprint density at radius 2 is 1.62 bits per heavy atom. The number of hydrogen-bond donors (Lipinski definition) is 1.